The Bertz CT molecular complexity index is 356. The molecule has 0 saturated heterocycles. The fourth-order valence-electron chi connectivity index (χ4n) is 1.05. The topological polar surface area (TPSA) is 83.5 Å². The zero-order valence-electron chi connectivity index (χ0n) is 7.27. The third kappa shape index (κ3) is 1.87. The van der Waals surface area contributed by atoms with Crippen LogP contribution in [-0.2, 0) is 10.3 Å². The van der Waals surface area contributed by atoms with Crippen molar-refractivity contribution in [2.45, 2.75) is 5.54 Å². The van der Waals surface area contributed by atoms with Gasteiger partial charge >= 0.3 is 5.97 Å². The number of hydrogen-bond acceptors (Lipinski definition) is 3. The van der Waals surface area contributed by atoms with E-state index >= 15 is 0 Å². The summed E-state index contributed by atoms with van der Waals surface area (Å²) in [6, 6.07) is 6.12. The highest BCUT2D eigenvalue weighted by atomic mass is 35.5. The number of carboxylic acids is 1. The van der Waals surface area contributed by atoms with Gasteiger partial charge in [0.2, 0.25) is 0 Å². The van der Waals surface area contributed by atoms with Gasteiger partial charge in [-0.3, -0.25) is 0 Å². The predicted octanol–water partition coefficient (Wildman–Crippen LogP) is 0.571. The molecule has 1 aromatic carbocycles. The molecule has 1 rings (SSSR count). The van der Waals surface area contributed by atoms with Gasteiger partial charge in [0, 0.05) is 5.02 Å². The van der Waals surface area contributed by atoms with Crippen molar-refractivity contribution in [3.05, 3.63) is 34.9 Å². The molecular weight excluding hydrogens is 206 g/mol. The first kappa shape index (κ1) is 11.0. The maximum Gasteiger partial charge on any atom is 0.330 e. The lowest BCUT2D eigenvalue weighted by molar-refractivity contribution is -0.145. The first-order valence-electron chi connectivity index (χ1n) is 3.90. The molecule has 1 aromatic rings. The molecule has 0 fully saturated rings. The molecule has 0 aliphatic carbocycles. The minimum atomic E-state index is -1.79. The van der Waals surface area contributed by atoms with Crippen molar-refractivity contribution in [3.8, 4) is 0 Å². The van der Waals surface area contributed by atoms with Crippen LogP contribution in [0.25, 0.3) is 0 Å². The number of carbonyl (C=O) groups is 1. The van der Waals surface area contributed by atoms with Crippen LogP contribution in [-0.4, -0.2) is 22.8 Å². The van der Waals surface area contributed by atoms with E-state index in [1.807, 2.05) is 0 Å². The molecule has 5 heteroatoms. The van der Waals surface area contributed by atoms with Gasteiger partial charge in [-0.2, -0.15) is 0 Å². The van der Waals surface area contributed by atoms with Crippen molar-refractivity contribution in [2.75, 3.05) is 6.61 Å². The van der Waals surface area contributed by atoms with Crippen LogP contribution >= 0.6 is 11.6 Å². The Hall–Kier alpha value is -1.10. The smallest absolute Gasteiger partial charge is 0.330 e. The van der Waals surface area contributed by atoms with E-state index in [1.54, 1.807) is 12.1 Å². The third-order valence-electron chi connectivity index (χ3n) is 1.97. The van der Waals surface area contributed by atoms with Crippen LogP contribution in [0.1, 0.15) is 5.56 Å². The lowest BCUT2D eigenvalue weighted by atomic mass is 9.92. The highest BCUT2D eigenvalue weighted by molar-refractivity contribution is 6.30. The second-order valence-electron chi connectivity index (χ2n) is 2.94. The number of aliphatic hydroxyl groups excluding tert-OH is 1. The maximum absolute atomic E-state index is 10.8. The van der Waals surface area contributed by atoms with Gasteiger partial charge in [0.15, 0.2) is 5.54 Å². The Morgan fingerprint density at radius 3 is 2.64 bits per heavy atom. The molecule has 0 bridgehead atoms. The number of benzene rings is 1. The SMILES string of the molecule is NC(CO)(C(=O)O)c1cccc(Cl)c1. The van der Waals surface area contributed by atoms with Crippen LogP contribution in [0.2, 0.25) is 5.02 Å². The summed E-state index contributed by atoms with van der Waals surface area (Å²) in [6.07, 6.45) is 0. The molecule has 4 N–H and O–H groups in total. The van der Waals surface area contributed by atoms with Crippen molar-refractivity contribution in [1.82, 2.24) is 0 Å². The minimum absolute atomic E-state index is 0.278. The number of halogens is 1. The largest absolute Gasteiger partial charge is 0.480 e. The van der Waals surface area contributed by atoms with Crippen LogP contribution in [0.4, 0.5) is 0 Å². The number of carboxylic acid groups (broad SMARTS) is 1. The number of nitrogens with two attached hydrogens (primary N) is 1. The monoisotopic (exact) mass is 215 g/mol. The molecule has 0 aromatic heterocycles. The molecule has 1 unspecified atom stereocenters. The summed E-state index contributed by atoms with van der Waals surface area (Å²) >= 11 is 5.68. The Balaban J connectivity index is 3.19. The summed E-state index contributed by atoms with van der Waals surface area (Å²) in [7, 11) is 0. The van der Waals surface area contributed by atoms with Crippen LogP contribution in [0.15, 0.2) is 24.3 Å². The number of rotatable bonds is 3. The Morgan fingerprint density at radius 2 is 2.21 bits per heavy atom. The Morgan fingerprint density at radius 1 is 1.57 bits per heavy atom. The molecule has 0 saturated carbocycles. The highest BCUT2D eigenvalue weighted by Crippen LogP contribution is 2.21. The molecule has 0 aliphatic heterocycles. The van der Waals surface area contributed by atoms with E-state index in [0.717, 1.165) is 0 Å². The average molecular weight is 216 g/mol. The Kier molecular flexibility index (Phi) is 3.10. The summed E-state index contributed by atoms with van der Waals surface area (Å²) in [4.78, 5) is 10.8. The zero-order chi connectivity index (χ0) is 10.8. The molecule has 0 aliphatic rings. The molecule has 14 heavy (non-hydrogen) atoms. The van der Waals surface area contributed by atoms with E-state index in [0.29, 0.717) is 5.02 Å². The summed E-state index contributed by atoms with van der Waals surface area (Å²) in [5, 5.41) is 18.2. The van der Waals surface area contributed by atoms with Gasteiger partial charge in [-0.1, -0.05) is 23.7 Å². The normalized spacial score (nSPS) is 14.8. The van der Waals surface area contributed by atoms with Gasteiger partial charge in [-0.15, -0.1) is 0 Å². The Labute approximate surface area is 85.9 Å². The van der Waals surface area contributed by atoms with Crippen molar-refractivity contribution < 1.29 is 15.0 Å². The first-order chi connectivity index (χ1) is 6.50. The highest BCUT2D eigenvalue weighted by Gasteiger charge is 2.35. The van der Waals surface area contributed by atoms with Gasteiger partial charge in [0.25, 0.3) is 0 Å². The van der Waals surface area contributed by atoms with Crippen molar-refractivity contribution in [3.63, 3.8) is 0 Å². The van der Waals surface area contributed by atoms with Crippen LogP contribution in [0, 0.1) is 0 Å². The van der Waals surface area contributed by atoms with E-state index in [1.165, 1.54) is 12.1 Å². The summed E-state index contributed by atoms with van der Waals surface area (Å²) in [6.45, 7) is -0.678. The lowest BCUT2D eigenvalue weighted by Gasteiger charge is -2.22. The lowest BCUT2D eigenvalue weighted by Crippen LogP contribution is -2.48. The molecular formula is C9H10ClNO3. The van der Waals surface area contributed by atoms with E-state index in [-0.39, 0.29) is 5.56 Å². The van der Waals surface area contributed by atoms with Gasteiger partial charge in [-0.25, -0.2) is 4.79 Å². The van der Waals surface area contributed by atoms with E-state index in [4.69, 9.17) is 27.5 Å². The second-order valence-corrected chi connectivity index (χ2v) is 3.38. The fraction of sp³-hybridized carbons (Fsp3) is 0.222. The number of aliphatic carboxylic acids is 1. The van der Waals surface area contributed by atoms with Crippen molar-refractivity contribution in [2.24, 2.45) is 5.73 Å². The van der Waals surface area contributed by atoms with Crippen LogP contribution < -0.4 is 5.73 Å². The molecule has 0 heterocycles. The second kappa shape index (κ2) is 3.96. The summed E-state index contributed by atoms with van der Waals surface area (Å²) < 4.78 is 0. The number of aliphatic hydroxyl groups is 1. The standard InChI is InChI=1S/C9H10ClNO3/c10-7-3-1-2-6(4-7)9(11,5-12)8(13)14/h1-4,12H,5,11H2,(H,13,14). The van der Waals surface area contributed by atoms with E-state index < -0.39 is 18.1 Å². The van der Waals surface area contributed by atoms with Crippen LogP contribution in [0.3, 0.4) is 0 Å². The molecule has 4 nitrogen and oxygen atoms in total. The van der Waals surface area contributed by atoms with Gasteiger partial charge < -0.3 is 15.9 Å². The van der Waals surface area contributed by atoms with Gasteiger partial charge in [0.05, 0.1) is 6.61 Å². The van der Waals surface area contributed by atoms with Gasteiger partial charge in [-0.05, 0) is 17.7 Å². The molecule has 76 valence electrons. The predicted molar refractivity (Wildman–Crippen MR) is 52.0 cm³/mol. The molecule has 0 spiro atoms. The van der Waals surface area contributed by atoms with Crippen molar-refractivity contribution in [1.29, 1.82) is 0 Å². The molecule has 1 atom stereocenters. The van der Waals surface area contributed by atoms with Gasteiger partial charge in [0.1, 0.15) is 0 Å². The first-order valence-corrected chi connectivity index (χ1v) is 4.27. The molecule has 0 radical (unpaired) electrons. The summed E-state index contributed by atoms with van der Waals surface area (Å²) in [5.41, 5.74) is 4.01. The minimum Gasteiger partial charge on any atom is -0.480 e. The quantitative estimate of drug-likeness (QED) is 0.689. The van der Waals surface area contributed by atoms with Crippen molar-refractivity contribution >= 4 is 17.6 Å². The number of hydrogen-bond donors (Lipinski definition) is 3. The average Bonchev–Trinajstić information content (AvgIpc) is 2.16. The molecule has 0 amide bonds. The van der Waals surface area contributed by atoms with Crippen LogP contribution in [0.5, 0.6) is 0 Å². The maximum atomic E-state index is 10.8. The fourth-order valence-corrected chi connectivity index (χ4v) is 1.24. The summed E-state index contributed by atoms with van der Waals surface area (Å²) in [5.74, 6) is -1.29. The third-order valence-corrected chi connectivity index (χ3v) is 2.21. The van der Waals surface area contributed by atoms with E-state index in [2.05, 4.69) is 0 Å². The zero-order valence-corrected chi connectivity index (χ0v) is 8.03. The van der Waals surface area contributed by atoms with E-state index in [9.17, 15) is 4.79 Å².